The van der Waals surface area contributed by atoms with E-state index in [1.807, 2.05) is 20.8 Å². The molecule has 0 aromatic rings. The topological polar surface area (TPSA) is 38.8 Å². The summed E-state index contributed by atoms with van der Waals surface area (Å²) >= 11 is 0. The Labute approximate surface area is 135 Å². The molecule has 0 spiro atoms. The molecule has 1 aliphatic rings. The smallest absolute Gasteiger partial charge is 0.410 e. The third-order valence-electron chi connectivity index (χ3n) is 4.28. The summed E-state index contributed by atoms with van der Waals surface area (Å²) in [6.07, 6.45) is -1.42. The summed E-state index contributed by atoms with van der Waals surface area (Å²) in [6.45, 7) is 16.7. The molecule has 0 bridgehead atoms. The van der Waals surface area contributed by atoms with Crippen LogP contribution >= 0.6 is 0 Å². The Morgan fingerprint density at radius 3 is 2.14 bits per heavy atom. The highest BCUT2D eigenvalue weighted by Gasteiger charge is 2.42. The molecule has 6 heteroatoms. The Morgan fingerprint density at radius 2 is 1.68 bits per heavy atom. The molecular formula is C16H32FNO3Si. The second-order valence-corrected chi connectivity index (χ2v) is 13.5. The highest BCUT2D eigenvalue weighted by atomic mass is 28.4. The van der Waals surface area contributed by atoms with E-state index in [2.05, 4.69) is 33.9 Å². The minimum Gasteiger partial charge on any atom is -0.444 e. The Morgan fingerprint density at radius 1 is 1.14 bits per heavy atom. The van der Waals surface area contributed by atoms with Crippen molar-refractivity contribution in [2.24, 2.45) is 0 Å². The van der Waals surface area contributed by atoms with Crippen molar-refractivity contribution in [1.29, 1.82) is 0 Å². The quantitative estimate of drug-likeness (QED) is 0.705. The molecule has 0 radical (unpaired) electrons. The molecule has 2 atom stereocenters. The number of rotatable bonds is 2. The van der Waals surface area contributed by atoms with Gasteiger partial charge < -0.3 is 14.1 Å². The van der Waals surface area contributed by atoms with Crippen LogP contribution in [-0.2, 0) is 9.16 Å². The van der Waals surface area contributed by atoms with Gasteiger partial charge in [-0.05, 0) is 38.9 Å². The normalized spacial score (nSPS) is 24.3. The highest BCUT2D eigenvalue weighted by Crippen LogP contribution is 2.38. The predicted octanol–water partition coefficient (Wildman–Crippen LogP) is 4.36. The number of hydrogen-bond acceptors (Lipinski definition) is 3. The molecule has 0 aromatic carbocycles. The molecular weight excluding hydrogens is 301 g/mol. The molecule has 0 aliphatic carbocycles. The predicted molar refractivity (Wildman–Crippen MR) is 89.4 cm³/mol. The van der Waals surface area contributed by atoms with Crippen LogP contribution in [0.2, 0.25) is 18.1 Å². The molecule has 22 heavy (non-hydrogen) atoms. The van der Waals surface area contributed by atoms with E-state index in [0.29, 0.717) is 13.0 Å². The van der Waals surface area contributed by atoms with Crippen LogP contribution in [0.1, 0.15) is 48.0 Å². The molecule has 130 valence electrons. The van der Waals surface area contributed by atoms with Gasteiger partial charge in [0.15, 0.2) is 8.32 Å². The van der Waals surface area contributed by atoms with Crippen LogP contribution < -0.4 is 0 Å². The average molecular weight is 334 g/mol. The molecule has 1 fully saturated rings. The number of nitrogens with zero attached hydrogens (tertiary/aromatic N) is 1. The van der Waals surface area contributed by atoms with E-state index in [1.165, 1.54) is 4.90 Å². The Bertz CT molecular complexity index is 401. The lowest BCUT2D eigenvalue weighted by Crippen LogP contribution is -2.53. The Kier molecular flexibility index (Phi) is 5.72. The second kappa shape index (κ2) is 6.47. The van der Waals surface area contributed by atoms with E-state index in [0.717, 1.165) is 0 Å². The fraction of sp³-hybridized carbons (Fsp3) is 0.938. The minimum atomic E-state index is -1.98. The summed E-state index contributed by atoms with van der Waals surface area (Å²) in [5.41, 5.74) is -0.573. The maximum atomic E-state index is 14.0. The first kappa shape index (κ1) is 19.4. The molecule has 0 saturated carbocycles. The van der Waals surface area contributed by atoms with Crippen molar-refractivity contribution in [2.45, 2.75) is 84.0 Å². The van der Waals surface area contributed by atoms with Crippen LogP contribution in [0.25, 0.3) is 0 Å². The van der Waals surface area contributed by atoms with E-state index in [9.17, 15) is 9.18 Å². The summed E-state index contributed by atoms with van der Waals surface area (Å²) in [5, 5.41) is 0.0625. The first-order valence-electron chi connectivity index (χ1n) is 8.01. The van der Waals surface area contributed by atoms with E-state index < -0.39 is 26.2 Å². The Balaban J connectivity index is 2.74. The van der Waals surface area contributed by atoms with Gasteiger partial charge in [0, 0.05) is 13.0 Å². The van der Waals surface area contributed by atoms with Gasteiger partial charge in [-0.15, -0.1) is 0 Å². The zero-order valence-electron chi connectivity index (χ0n) is 15.3. The number of piperidine rings is 1. The van der Waals surface area contributed by atoms with E-state index in [1.54, 1.807) is 0 Å². The fourth-order valence-electron chi connectivity index (χ4n) is 2.15. The average Bonchev–Trinajstić information content (AvgIpc) is 2.23. The highest BCUT2D eigenvalue weighted by molar-refractivity contribution is 6.74. The summed E-state index contributed by atoms with van der Waals surface area (Å²) < 4.78 is 25.7. The lowest BCUT2D eigenvalue weighted by Gasteiger charge is -2.43. The second-order valence-electron chi connectivity index (χ2n) is 8.72. The third kappa shape index (κ3) is 5.54. The van der Waals surface area contributed by atoms with Crippen molar-refractivity contribution in [3.8, 4) is 0 Å². The number of likely N-dealkylation sites (tertiary alicyclic amines) is 1. The van der Waals surface area contributed by atoms with Gasteiger partial charge in [-0.25, -0.2) is 9.18 Å². The third-order valence-corrected chi connectivity index (χ3v) is 8.82. The van der Waals surface area contributed by atoms with Gasteiger partial charge in [0.1, 0.15) is 11.8 Å². The number of ether oxygens (including phenoxy) is 1. The van der Waals surface area contributed by atoms with Gasteiger partial charge in [-0.2, -0.15) is 0 Å². The van der Waals surface area contributed by atoms with Gasteiger partial charge in [0.25, 0.3) is 0 Å². The molecule has 4 nitrogen and oxygen atoms in total. The summed E-state index contributed by atoms with van der Waals surface area (Å²) in [4.78, 5) is 13.6. The largest absolute Gasteiger partial charge is 0.444 e. The minimum absolute atomic E-state index is 0.0625. The monoisotopic (exact) mass is 333 g/mol. The van der Waals surface area contributed by atoms with E-state index in [-0.39, 0.29) is 17.7 Å². The van der Waals surface area contributed by atoms with Crippen LogP contribution in [0.15, 0.2) is 0 Å². The fourth-order valence-corrected chi connectivity index (χ4v) is 3.51. The number of carbonyl (C=O) groups is 1. The maximum absolute atomic E-state index is 14.0. The Hall–Kier alpha value is -0.623. The molecule has 0 aromatic heterocycles. The van der Waals surface area contributed by atoms with E-state index >= 15 is 0 Å². The number of carbonyl (C=O) groups excluding carboxylic acids is 1. The number of amides is 1. The molecule has 1 heterocycles. The number of halogens is 1. The molecule has 0 unspecified atom stereocenters. The van der Waals surface area contributed by atoms with Crippen LogP contribution in [0.4, 0.5) is 9.18 Å². The molecule has 1 rings (SSSR count). The van der Waals surface area contributed by atoms with Crippen LogP contribution in [0, 0.1) is 0 Å². The SMILES string of the molecule is CC(C)(C)OC(=O)N1C[C@@H](F)C[C@H](O[Si](C)(C)C(C)(C)C)C1. The summed E-state index contributed by atoms with van der Waals surface area (Å²) in [5.74, 6) is 0. The zero-order valence-corrected chi connectivity index (χ0v) is 16.3. The first-order chi connectivity index (χ1) is 9.71. The first-order valence-corrected chi connectivity index (χ1v) is 10.9. The summed E-state index contributed by atoms with van der Waals surface area (Å²) in [6, 6.07) is 0. The molecule has 1 amide bonds. The van der Waals surface area contributed by atoms with Crippen molar-refractivity contribution >= 4 is 14.4 Å². The van der Waals surface area contributed by atoms with Gasteiger partial charge in [0.2, 0.25) is 0 Å². The van der Waals surface area contributed by atoms with Gasteiger partial charge in [-0.3, -0.25) is 0 Å². The van der Waals surface area contributed by atoms with E-state index in [4.69, 9.17) is 9.16 Å². The summed E-state index contributed by atoms with van der Waals surface area (Å²) in [7, 11) is -1.98. The van der Waals surface area contributed by atoms with Crippen molar-refractivity contribution in [1.82, 2.24) is 4.90 Å². The molecule has 1 aliphatic heterocycles. The van der Waals surface area contributed by atoms with Crippen LogP contribution in [-0.4, -0.2) is 50.3 Å². The molecule has 0 N–H and O–H groups in total. The van der Waals surface area contributed by atoms with Crippen molar-refractivity contribution in [2.75, 3.05) is 13.1 Å². The number of hydrogen-bond donors (Lipinski definition) is 0. The van der Waals surface area contributed by atoms with Gasteiger partial charge in [-0.1, -0.05) is 20.8 Å². The number of alkyl halides is 1. The lowest BCUT2D eigenvalue weighted by molar-refractivity contribution is -0.00957. The molecule has 1 saturated heterocycles. The van der Waals surface area contributed by atoms with Gasteiger partial charge >= 0.3 is 6.09 Å². The van der Waals surface area contributed by atoms with Crippen LogP contribution in [0.3, 0.4) is 0 Å². The zero-order chi connectivity index (χ0) is 17.3. The van der Waals surface area contributed by atoms with Crippen molar-refractivity contribution < 1.29 is 18.3 Å². The maximum Gasteiger partial charge on any atom is 0.410 e. The van der Waals surface area contributed by atoms with Gasteiger partial charge in [0.05, 0.1) is 12.6 Å². The van der Waals surface area contributed by atoms with Crippen LogP contribution in [0.5, 0.6) is 0 Å². The van der Waals surface area contributed by atoms with Crippen molar-refractivity contribution in [3.05, 3.63) is 0 Å². The lowest BCUT2D eigenvalue weighted by atomic mass is 10.1. The standard InChI is InChI=1S/C16H32FNO3Si/c1-15(2,3)20-14(19)18-10-12(17)9-13(11-18)21-22(7,8)16(4,5)6/h12-13H,9-11H2,1-8H3/t12-,13-/m0/s1. The van der Waals surface area contributed by atoms with Crippen molar-refractivity contribution in [3.63, 3.8) is 0 Å².